The summed E-state index contributed by atoms with van der Waals surface area (Å²) in [5.74, 6) is -0.0297. The van der Waals surface area contributed by atoms with Gasteiger partial charge in [0.15, 0.2) is 4.34 Å². The van der Waals surface area contributed by atoms with Crippen LogP contribution in [0.4, 0.5) is 10.1 Å². The topological polar surface area (TPSA) is 42.0 Å². The number of amides is 1. The van der Waals surface area contributed by atoms with Crippen LogP contribution in [0.25, 0.3) is 11.3 Å². The lowest BCUT2D eigenvalue weighted by molar-refractivity contribution is -0.113. The van der Waals surface area contributed by atoms with Gasteiger partial charge in [-0.1, -0.05) is 23.9 Å². The summed E-state index contributed by atoms with van der Waals surface area (Å²) in [7, 11) is 0. The molecule has 0 radical (unpaired) electrons. The maximum absolute atomic E-state index is 13.0. The lowest BCUT2D eigenvalue weighted by Crippen LogP contribution is -2.14. The fraction of sp³-hybridized carbons (Fsp3) is 0.158. The number of aryl methyl sites for hydroxylation is 2. The normalized spacial score (nSPS) is 10.7. The fourth-order valence-electron chi connectivity index (χ4n) is 2.26. The molecule has 1 amide bonds. The van der Waals surface area contributed by atoms with Gasteiger partial charge in [0, 0.05) is 16.6 Å². The minimum Gasteiger partial charge on any atom is -0.325 e. The summed E-state index contributed by atoms with van der Waals surface area (Å²) in [6.45, 7) is 3.97. The quantitative estimate of drug-likeness (QED) is 0.618. The van der Waals surface area contributed by atoms with Crippen molar-refractivity contribution in [1.82, 2.24) is 4.98 Å². The second-order valence-corrected chi connectivity index (χ2v) is 7.74. The van der Waals surface area contributed by atoms with E-state index in [2.05, 4.69) is 10.3 Å². The third-order valence-corrected chi connectivity index (χ3v) is 5.64. The Morgan fingerprint density at radius 2 is 1.96 bits per heavy atom. The van der Waals surface area contributed by atoms with E-state index >= 15 is 0 Å². The van der Waals surface area contributed by atoms with Crippen LogP contribution in [-0.2, 0) is 4.79 Å². The van der Waals surface area contributed by atoms with E-state index in [-0.39, 0.29) is 11.7 Å². The number of carbonyl (C=O) groups excluding carboxylic acids is 1. The van der Waals surface area contributed by atoms with Gasteiger partial charge in [-0.25, -0.2) is 9.37 Å². The highest BCUT2D eigenvalue weighted by atomic mass is 32.2. The van der Waals surface area contributed by atoms with Gasteiger partial charge in [0.05, 0.1) is 11.4 Å². The van der Waals surface area contributed by atoms with Crippen LogP contribution in [-0.4, -0.2) is 16.6 Å². The number of hydrogen-bond donors (Lipinski definition) is 1. The van der Waals surface area contributed by atoms with Crippen LogP contribution >= 0.6 is 23.1 Å². The molecule has 0 spiro atoms. The van der Waals surface area contributed by atoms with Crippen LogP contribution < -0.4 is 5.32 Å². The van der Waals surface area contributed by atoms with Gasteiger partial charge < -0.3 is 5.32 Å². The molecule has 0 aliphatic rings. The molecule has 2 aromatic carbocycles. The molecule has 0 saturated heterocycles. The molecule has 1 heterocycles. The summed E-state index contributed by atoms with van der Waals surface area (Å²) in [4.78, 5) is 16.7. The van der Waals surface area contributed by atoms with Gasteiger partial charge in [-0.15, -0.1) is 11.3 Å². The Morgan fingerprint density at radius 3 is 2.72 bits per heavy atom. The standard InChI is InChI=1S/C19H17FN2OS2/c1-12-3-4-13(2)16(9-12)21-18(23)11-25-19-22-17(10-24-19)14-5-7-15(20)8-6-14/h3-10H,11H2,1-2H3,(H,21,23). The molecule has 3 nitrogen and oxygen atoms in total. The van der Waals surface area contributed by atoms with Crippen LogP contribution in [0, 0.1) is 19.7 Å². The van der Waals surface area contributed by atoms with Crippen LogP contribution in [0.3, 0.4) is 0 Å². The van der Waals surface area contributed by atoms with Crippen LogP contribution in [0.2, 0.25) is 0 Å². The molecule has 1 N–H and O–H groups in total. The molecule has 0 aliphatic heterocycles. The van der Waals surface area contributed by atoms with Gasteiger partial charge in [-0.3, -0.25) is 4.79 Å². The van der Waals surface area contributed by atoms with Gasteiger partial charge in [0.2, 0.25) is 5.91 Å². The van der Waals surface area contributed by atoms with E-state index in [1.807, 2.05) is 37.4 Å². The summed E-state index contributed by atoms with van der Waals surface area (Å²) < 4.78 is 13.8. The molecule has 128 valence electrons. The largest absolute Gasteiger partial charge is 0.325 e. The van der Waals surface area contributed by atoms with Crippen molar-refractivity contribution >= 4 is 34.7 Å². The molecule has 0 aliphatic carbocycles. The molecule has 3 rings (SSSR count). The van der Waals surface area contributed by atoms with E-state index in [9.17, 15) is 9.18 Å². The van der Waals surface area contributed by atoms with E-state index in [1.54, 1.807) is 12.1 Å². The predicted molar refractivity (Wildman–Crippen MR) is 103 cm³/mol. The fourth-order valence-corrected chi connectivity index (χ4v) is 3.90. The molecule has 6 heteroatoms. The summed E-state index contributed by atoms with van der Waals surface area (Å²) in [5.41, 5.74) is 4.65. The zero-order valence-electron chi connectivity index (χ0n) is 13.9. The second-order valence-electron chi connectivity index (χ2n) is 5.66. The molecular weight excluding hydrogens is 355 g/mol. The summed E-state index contributed by atoms with van der Waals surface area (Å²) in [6, 6.07) is 12.2. The number of hydrogen-bond acceptors (Lipinski definition) is 4. The second kappa shape index (κ2) is 7.80. The predicted octanol–water partition coefficient (Wildman–Crippen LogP) is 5.30. The zero-order chi connectivity index (χ0) is 17.8. The van der Waals surface area contributed by atoms with Crippen molar-refractivity contribution in [2.24, 2.45) is 0 Å². The van der Waals surface area contributed by atoms with Gasteiger partial charge in [0.25, 0.3) is 0 Å². The third kappa shape index (κ3) is 4.67. The monoisotopic (exact) mass is 372 g/mol. The first-order chi connectivity index (χ1) is 12.0. The maximum Gasteiger partial charge on any atom is 0.234 e. The van der Waals surface area contributed by atoms with Gasteiger partial charge >= 0.3 is 0 Å². The smallest absolute Gasteiger partial charge is 0.234 e. The Labute approximate surface area is 154 Å². The average Bonchev–Trinajstić information content (AvgIpc) is 3.06. The van der Waals surface area contributed by atoms with Crippen molar-refractivity contribution in [3.05, 3.63) is 64.8 Å². The van der Waals surface area contributed by atoms with E-state index < -0.39 is 0 Å². The Bertz CT molecular complexity index is 891. The number of benzene rings is 2. The first kappa shape index (κ1) is 17.6. The SMILES string of the molecule is Cc1ccc(C)c(NC(=O)CSc2nc(-c3ccc(F)cc3)cs2)c1. The van der Waals surface area contributed by atoms with Crippen molar-refractivity contribution < 1.29 is 9.18 Å². The zero-order valence-corrected chi connectivity index (χ0v) is 15.5. The molecule has 0 bridgehead atoms. The van der Waals surface area contributed by atoms with Crippen LogP contribution in [0.5, 0.6) is 0 Å². The van der Waals surface area contributed by atoms with E-state index in [0.29, 0.717) is 5.75 Å². The third-order valence-electron chi connectivity index (χ3n) is 3.62. The minimum atomic E-state index is -0.267. The number of carbonyl (C=O) groups is 1. The highest BCUT2D eigenvalue weighted by Crippen LogP contribution is 2.28. The number of thioether (sulfide) groups is 1. The maximum atomic E-state index is 13.0. The molecule has 0 saturated carbocycles. The summed E-state index contributed by atoms with van der Waals surface area (Å²) in [6.07, 6.45) is 0. The Kier molecular flexibility index (Phi) is 5.50. The molecule has 25 heavy (non-hydrogen) atoms. The summed E-state index contributed by atoms with van der Waals surface area (Å²) >= 11 is 2.88. The lowest BCUT2D eigenvalue weighted by atomic mass is 10.1. The Morgan fingerprint density at radius 1 is 1.20 bits per heavy atom. The van der Waals surface area contributed by atoms with E-state index in [1.165, 1.54) is 35.2 Å². The van der Waals surface area contributed by atoms with Gasteiger partial charge in [-0.05, 0) is 55.3 Å². The molecule has 0 unspecified atom stereocenters. The lowest BCUT2D eigenvalue weighted by Gasteiger charge is -2.08. The Balaban J connectivity index is 1.59. The number of aromatic nitrogens is 1. The van der Waals surface area contributed by atoms with Gasteiger partial charge in [-0.2, -0.15) is 0 Å². The molecule has 0 atom stereocenters. The van der Waals surface area contributed by atoms with Crippen LogP contribution in [0.1, 0.15) is 11.1 Å². The van der Waals surface area contributed by atoms with Crippen LogP contribution in [0.15, 0.2) is 52.2 Å². The first-order valence-electron chi connectivity index (χ1n) is 7.72. The number of nitrogens with one attached hydrogen (secondary N) is 1. The molecule has 1 aromatic heterocycles. The highest BCUT2D eigenvalue weighted by Gasteiger charge is 2.09. The number of halogens is 1. The molecule has 3 aromatic rings. The first-order valence-corrected chi connectivity index (χ1v) is 9.59. The number of thiazole rings is 1. The van der Waals surface area contributed by atoms with Crippen molar-refractivity contribution in [1.29, 1.82) is 0 Å². The van der Waals surface area contributed by atoms with Gasteiger partial charge in [0.1, 0.15) is 5.82 Å². The van der Waals surface area contributed by atoms with Crippen molar-refractivity contribution in [3.63, 3.8) is 0 Å². The average molecular weight is 372 g/mol. The number of nitrogens with zero attached hydrogens (tertiary/aromatic N) is 1. The minimum absolute atomic E-state index is 0.0581. The van der Waals surface area contributed by atoms with Crippen molar-refractivity contribution in [3.8, 4) is 11.3 Å². The Hall–Kier alpha value is -2.18. The van der Waals surface area contributed by atoms with Crippen molar-refractivity contribution in [2.75, 3.05) is 11.1 Å². The van der Waals surface area contributed by atoms with Crippen molar-refractivity contribution in [2.45, 2.75) is 18.2 Å². The number of rotatable bonds is 5. The van der Waals surface area contributed by atoms with E-state index in [0.717, 1.165) is 32.4 Å². The van der Waals surface area contributed by atoms with E-state index in [4.69, 9.17) is 0 Å². The summed E-state index contributed by atoms with van der Waals surface area (Å²) in [5, 5.41) is 4.86. The molecule has 0 fully saturated rings. The number of anilines is 1. The highest BCUT2D eigenvalue weighted by molar-refractivity contribution is 8.01. The molecular formula is C19H17FN2OS2.